The van der Waals surface area contributed by atoms with Gasteiger partial charge in [-0.05, 0) is 26.0 Å². The monoisotopic (exact) mass is 279 g/mol. The molecule has 110 valence electrons. The van der Waals surface area contributed by atoms with Crippen LogP contribution in [0.2, 0.25) is 0 Å². The lowest BCUT2D eigenvalue weighted by Gasteiger charge is -2.39. The van der Waals surface area contributed by atoms with E-state index in [-0.39, 0.29) is 18.0 Å². The molecule has 1 heterocycles. The van der Waals surface area contributed by atoms with Gasteiger partial charge in [-0.15, -0.1) is 0 Å². The zero-order valence-electron chi connectivity index (χ0n) is 12.0. The second-order valence-electron chi connectivity index (χ2n) is 5.01. The lowest BCUT2D eigenvalue weighted by molar-refractivity contribution is 0.0343. The van der Waals surface area contributed by atoms with Crippen LogP contribution in [-0.4, -0.2) is 43.5 Å². The topological polar surface area (TPSA) is 80.3 Å². The molecular formula is C14H21N3O3. The van der Waals surface area contributed by atoms with Crippen LogP contribution in [0.15, 0.2) is 23.4 Å². The van der Waals surface area contributed by atoms with Crippen molar-refractivity contribution in [1.29, 1.82) is 0 Å². The number of hydrogen-bond acceptors (Lipinski definition) is 5. The highest BCUT2D eigenvalue weighted by Crippen LogP contribution is 2.29. The fourth-order valence-corrected chi connectivity index (χ4v) is 2.39. The molecule has 0 amide bonds. The highest BCUT2D eigenvalue weighted by Gasteiger charge is 2.26. The molecule has 1 fully saturated rings. The van der Waals surface area contributed by atoms with E-state index in [0.29, 0.717) is 12.2 Å². The smallest absolute Gasteiger partial charge is 0.172 e. The molecule has 3 N–H and O–H groups in total. The Morgan fingerprint density at radius 3 is 2.90 bits per heavy atom. The predicted octanol–water partition coefficient (Wildman–Crippen LogP) is 1.40. The van der Waals surface area contributed by atoms with Crippen molar-refractivity contribution in [3.63, 3.8) is 0 Å². The van der Waals surface area contributed by atoms with Crippen LogP contribution < -0.4 is 15.4 Å². The molecule has 2 atom stereocenters. The fourth-order valence-electron chi connectivity index (χ4n) is 2.39. The first-order valence-electron chi connectivity index (χ1n) is 6.61. The fraction of sp³-hybridized carbons (Fsp3) is 0.500. The zero-order chi connectivity index (χ0) is 14.7. The highest BCUT2D eigenvalue weighted by atomic mass is 16.5. The first kappa shape index (κ1) is 14.5. The molecule has 0 radical (unpaired) electrons. The van der Waals surface area contributed by atoms with Crippen molar-refractivity contribution in [2.75, 3.05) is 25.2 Å². The molecule has 6 nitrogen and oxygen atoms in total. The summed E-state index contributed by atoms with van der Waals surface area (Å²) in [6, 6.07) is 5.71. The molecule has 0 spiro atoms. The third kappa shape index (κ3) is 2.80. The Morgan fingerprint density at radius 2 is 2.25 bits per heavy atom. The number of ether oxygens (including phenoxy) is 2. The maximum absolute atomic E-state index is 8.94. The summed E-state index contributed by atoms with van der Waals surface area (Å²) in [6.07, 6.45) is 0.137. The van der Waals surface area contributed by atoms with Crippen molar-refractivity contribution >= 4 is 11.5 Å². The third-order valence-corrected chi connectivity index (χ3v) is 3.51. The SMILES string of the molecule is COc1ccc(/C(N)=N/O)c(N2CC(C)OCC2C)c1. The summed E-state index contributed by atoms with van der Waals surface area (Å²) in [5, 5.41) is 12.1. The Hall–Kier alpha value is -1.95. The second-order valence-corrected chi connectivity index (χ2v) is 5.01. The molecule has 0 bridgehead atoms. The van der Waals surface area contributed by atoms with E-state index in [9.17, 15) is 0 Å². The summed E-state index contributed by atoms with van der Waals surface area (Å²) in [5.74, 6) is 0.829. The summed E-state index contributed by atoms with van der Waals surface area (Å²) < 4.78 is 10.9. The summed E-state index contributed by atoms with van der Waals surface area (Å²) in [5.41, 5.74) is 7.35. The number of benzene rings is 1. The van der Waals surface area contributed by atoms with Gasteiger partial charge in [-0.25, -0.2) is 0 Å². The Kier molecular flexibility index (Phi) is 4.34. The van der Waals surface area contributed by atoms with E-state index in [0.717, 1.165) is 18.0 Å². The van der Waals surface area contributed by atoms with Crippen molar-refractivity contribution in [2.24, 2.45) is 10.9 Å². The summed E-state index contributed by atoms with van der Waals surface area (Å²) >= 11 is 0. The molecule has 20 heavy (non-hydrogen) atoms. The van der Waals surface area contributed by atoms with Crippen molar-refractivity contribution in [3.05, 3.63) is 23.8 Å². The van der Waals surface area contributed by atoms with Crippen LogP contribution in [0.5, 0.6) is 5.75 Å². The van der Waals surface area contributed by atoms with E-state index < -0.39 is 0 Å². The lowest BCUT2D eigenvalue weighted by Crippen LogP contribution is -2.48. The van der Waals surface area contributed by atoms with E-state index in [1.165, 1.54) is 0 Å². The zero-order valence-corrected chi connectivity index (χ0v) is 12.0. The van der Waals surface area contributed by atoms with E-state index in [2.05, 4.69) is 17.0 Å². The van der Waals surface area contributed by atoms with Gasteiger partial charge in [-0.3, -0.25) is 0 Å². The van der Waals surface area contributed by atoms with Gasteiger partial charge in [0.25, 0.3) is 0 Å². The van der Waals surface area contributed by atoms with Crippen LogP contribution in [0.4, 0.5) is 5.69 Å². The van der Waals surface area contributed by atoms with Gasteiger partial charge in [0.1, 0.15) is 5.75 Å². The van der Waals surface area contributed by atoms with E-state index in [1.54, 1.807) is 19.2 Å². The molecule has 0 aromatic heterocycles. The average molecular weight is 279 g/mol. The van der Waals surface area contributed by atoms with Crippen LogP contribution >= 0.6 is 0 Å². The summed E-state index contributed by atoms with van der Waals surface area (Å²) in [6.45, 7) is 5.51. The largest absolute Gasteiger partial charge is 0.497 e. The molecular weight excluding hydrogens is 258 g/mol. The minimum Gasteiger partial charge on any atom is -0.497 e. The van der Waals surface area contributed by atoms with Crippen LogP contribution in [0.3, 0.4) is 0 Å². The molecule has 0 saturated carbocycles. The molecule has 1 aliphatic rings. The lowest BCUT2D eigenvalue weighted by atomic mass is 10.1. The van der Waals surface area contributed by atoms with Gasteiger partial charge in [0.05, 0.1) is 25.5 Å². The van der Waals surface area contributed by atoms with Gasteiger partial charge in [0, 0.05) is 24.2 Å². The van der Waals surface area contributed by atoms with Gasteiger partial charge in [-0.1, -0.05) is 5.16 Å². The normalized spacial score (nSPS) is 23.8. The van der Waals surface area contributed by atoms with E-state index in [4.69, 9.17) is 20.4 Å². The number of anilines is 1. The number of methoxy groups -OCH3 is 1. The van der Waals surface area contributed by atoms with Crippen LogP contribution in [0.1, 0.15) is 19.4 Å². The Balaban J connectivity index is 2.46. The number of hydrogen-bond donors (Lipinski definition) is 2. The predicted molar refractivity (Wildman–Crippen MR) is 77.7 cm³/mol. The number of morpholine rings is 1. The number of oxime groups is 1. The molecule has 0 aliphatic carbocycles. The Morgan fingerprint density at radius 1 is 1.50 bits per heavy atom. The Labute approximate surface area is 118 Å². The molecule has 1 aromatic rings. The molecule has 2 unspecified atom stereocenters. The minimum atomic E-state index is 0.0917. The van der Waals surface area contributed by atoms with Crippen molar-refractivity contribution in [2.45, 2.75) is 26.0 Å². The molecule has 2 rings (SSSR count). The molecule has 1 saturated heterocycles. The number of amidine groups is 1. The van der Waals surface area contributed by atoms with Crippen LogP contribution in [0, 0.1) is 0 Å². The first-order valence-corrected chi connectivity index (χ1v) is 6.61. The number of rotatable bonds is 3. The van der Waals surface area contributed by atoms with Gasteiger partial charge in [0.15, 0.2) is 5.84 Å². The Bertz CT molecular complexity index is 504. The van der Waals surface area contributed by atoms with Gasteiger partial charge in [0.2, 0.25) is 0 Å². The van der Waals surface area contributed by atoms with Gasteiger partial charge in [-0.2, -0.15) is 0 Å². The average Bonchev–Trinajstić information content (AvgIpc) is 2.48. The van der Waals surface area contributed by atoms with Gasteiger partial charge < -0.3 is 25.3 Å². The van der Waals surface area contributed by atoms with Crippen molar-refractivity contribution < 1.29 is 14.7 Å². The van der Waals surface area contributed by atoms with Crippen molar-refractivity contribution in [3.8, 4) is 5.75 Å². The van der Waals surface area contributed by atoms with Crippen LogP contribution in [-0.2, 0) is 4.74 Å². The van der Waals surface area contributed by atoms with Crippen molar-refractivity contribution in [1.82, 2.24) is 0 Å². The quantitative estimate of drug-likeness (QED) is 0.378. The molecule has 1 aromatic carbocycles. The minimum absolute atomic E-state index is 0.0917. The first-order chi connectivity index (χ1) is 9.56. The summed E-state index contributed by atoms with van der Waals surface area (Å²) in [4.78, 5) is 2.20. The van der Waals surface area contributed by atoms with Gasteiger partial charge >= 0.3 is 0 Å². The van der Waals surface area contributed by atoms with E-state index >= 15 is 0 Å². The third-order valence-electron chi connectivity index (χ3n) is 3.51. The molecule has 6 heteroatoms. The maximum atomic E-state index is 8.94. The second kappa shape index (κ2) is 6.00. The molecule has 1 aliphatic heterocycles. The van der Waals surface area contributed by atoms with Crippen LogP contribution in [0.25, 0.3) is 0 Å². The standard InChI is InChI=1S/C14H21N3O3/c1-9-8-20-10(2)7-17(9)13-6-11(19-3)4-5-12(13)14(15)16-18/h4-6,9-10,18H,7-8H2,1-3H3,(H2,15,16). The van der Waals surface area contributed by atoms with E-state index in [1.807, 2.05) is 13.0 Å². The summed E-state index contributed by atoms with van der Waals surface area (Å²) in [7, 11) is 1.62. The maximum Gasteiger partial charge on any atom is 0.172 e. The number of nitrogens with two attached hydrogens (primary N) is 1. The highest BCUT2D eigenvalue weighted by molar-refractivity contribution is 6.02. The number of nitrogens with zero attached hydrogens (tertiary/aromatic N) is 2.